The van der Waals surface area contributed by atoms with E-state index in [1.54, 1.807) is 0 Å². The molecule has 100 valence electrons. The number of hydrogen-bond donors (Lipinski definition) is 2. The highest BCUT2D eigenvalue weighted by atomic mass is 16.3. The van der Waals surface area contributed by atoms with Gasteiger partial charge in [-0.15, -0.1) is 0 Å². The smallest absolute Gasteiger partial charge is 0.0695 e. The molecule has 2 rings (SSSR count). The number of likely N-dealkylation sites (N-methyl/N-ethyl adjacent to an activating group) is 1. The van der Waals surface area contributed by atoms with Gasteiger partial charge in [0.05, 0.1) is 6.10 Å². The number of aliphatic hydroxyl groups excluding tert-OH is 1. The molecule has 1 fully saturated rings. The summed E-state index contributed by atoms with van der Waals surface area (Å²) in [6, 6.07) is 6.36. The monoisotopic (exact) mass is 248 g/mol. The summed E-state index contributed by atoms with van der Waals surface area (Å²) in [4.78, 5) is 2.27. The lowest BCUT2D eigenvalue weighted by molar-refractivity contribution is 0.0288. The summed E-state index contributed by atoms with van der Waals surface area (Å²) >= 11 is 0. The van der Waals surface area contributed by atoms with E-state index in [-0.39, 0.29) is 6.10 Å². The molecule has 0 heterocycles. The Hall–Kier alpha value is -1.06. The van der Waals surface area contributed by atoms with Crippen LogP contribution in [0, 0.1) is 6.92 Å². The van der Waals surface area contributed by atoms with E-state index in [2.05, 4.69) is 24.9 Å². The van der Waals surface area contributed by atoms with Crippen LogP contribution >= 0.6 is 0 Å². The minimum atomic E-state index is -0.176. The Balaban J connectivity index is 2.06. The van der Waals surface area contributed by atoms with E-state index in [0.717, 1.165) is 37.1 Å². The summed E-state index contributed by atoms with van der Waals surface area (Å²) in [6.07, 6.45) is 4.24. The van der Waals surface area contributed by atoms with Gasteiger partial charge in [-0.05, 0) is 44.0 Å². The zero-order valence-corrected chi connectivity index (χ0v) is 11.4. The van der Waals surface area contributed by atoms with Crippen LogP contribution in [0.25, 0.3) is 0 Å². The fourth-order valence-electron chi connectivity index (χ4n) is 2.87. The molecule has 1 saturated carbocycles. The zero-order chi connectivity index (χ0) is 13.1. The SMILES string of the molecule is Cc1c(N)cccc1CN(C)C1CCCCC1O. The molecular weight excluding hydrogens is 224 g/mol. The maximum Gasteiger partial charge on any atom is 0.0695 e. The first-order chi connectivity index (χ1) is 8.59. The van der Waals surface area contributed by atoms with Gasteiger partial charge >= 0.3 is 0 Å². The number of hydrogen-bond acceptors (Lipinski definition) is 3. The van der Waals surface area contributed by atoms with Crippen LogP contribution in [0.2, 0.25) is 0 Å². The minimum absolute atomic E-state index is 0.176. The third kappa shape index (κ3) is 2.85. The Morgan fingerprint density at radius 2 is 2.06 bits per heavy atom. The summed E-state index contributed by atoms with van der Waals surface area (Å²) in [5.41, 5.74) is 9.21. The topological polar surface area (TPSA) is 49.5 Å². The zero-order valence-electron chi connectivity index (χ0n) is 11.4. The van der Waals surface area contributed by atoms with E-state index in [4.69, 9.17) is 5.73 Å². The maximum absolute atomic E-state index is 10.1. The van der Waals surface area contributed by atoms with Crippen molar-refractivity contribution in [2.45, 2.75) is 51.3 Å². The second-order valence-electron chi connectivity index (χ2n) is 5.47. The van der Waals surface area contributed by atoms with E-state index in [0.29, 0.717) is 6.04 Å². The van der Waals surface area contributed by atoms with E-state index in [9.17, 15) is 5.11 Å². The molecule has 18 heavy (non-hydrogen) atoms. The number of benzene rings is 1. The quantitative estimate of drug-likeness (QED) is 0.807. The second kappa shape index (κ2) is 5.72. The first-order valence-electron chi connectivity index (χ1n) is 6.82. The van der Waals surface area contributed by atoms with Gasteiger partial charge in [0, 0.05) is 18.3 Å². The second-order valence-corrected chi connectivity index (χ2v) is 5.47. The van der Waals surface area contributed by atoms with Gasteiger partial charge in [-0.3, -0.25) is 4.90 Å². The highest BCUT2D eigenvalue weighted by molar-refractivity contribution is 5.49. The number of nitrogens with two attached hydrogens (primary N) is 1. The molecule has 0 spiro atoms. The average molecular weight is 248 g/mol. The predicted octanol–water partition coefficient (Wildman–Crippen LogP) is 2.31. The molecule has 0 aliphatic heterocycles. The molecule has 2 atom stereocenters. The van der Waals surface area contributed by atoms with Gasteiger partial charge in [-0.1, -0.05) is 25.0 Å². The fraction of sp³-hybridized carbons (Fsp3) is 0.600. The van der Waals surface area contributed by atoms with Crippen molar-refractivity contribution in [1.82, 2.24) is 4.90 Å². The van der Waals surface area contributed by atoms with Crippen molar-refractivity contribution in [1.29, 1.82) is 0 Å². The highest BCUT2D eigenvalue weighted by Gasteiger charge is 2.26. The number of aliphatic hydroxyl groups is 1. The van der Waals surface area contributed by atoms with Gasteiger partial charge in [0.25, 0.3) is 0 Å². The van der Waals surface area contributed by atoms with Gasteiger partial charge in [-0.25, -0.2) is 0 Å². The lowest BCUT2D eigenvalue weighted by Crippen LogP contribution is -2.42. The van der Waals surface area contributed by atoms with Crippen LogP contribution in [0.1, 0.15) is 36.8 Å². The van der Waals surface area contributed by atoms with Crippen LogP contribution < -0.4 is 5.73 Å². The molecule has 0 aromatic heterocycles. The lowest BCUT2D eigenvalue weighted by atomic mass is 9.91. The van der Waals surface area contributed by atoms with Crippen molar-refractivity contribution in [2.75, 3.05) is 12.8 Å². The van der Waals surface area contributed by atoms with E-state index < -0.39 is 0 Å². The summed E-state index contributed by atoms with van der Waals surface area (Å²) in [5, 5.41) is 10.1. The highest BCUT2D eigenvalue weighted by Crippen LogP contribution is 2.25. The summed E-state index contributed by atoms with van der Waals surface area (Å²) < 4.78 is 0. The van der Waals surface area contributed by atoms with Gasteiger partial charge in [-0.2, -0.15) is 0 Å². The summed E-state index contributed by atoms with van der Waals surface area (Å²) in [7, 11) is 2.10. The molecule has 3 N–H and O–H groups in total. The van der Waals surface area contributed by atoms with Crippen LogP contribution in [0.5, 0.6) is 0 Å². The molecule has 3 heteroatoms. The largest absolute Gasteiger partial charge is 0.399 e. The van der Waals surface area contributed by atoms with Crippen LogP contribution in [0.3, 0.4) is 0 Å². The Kier molecular flexibility index (Phi) is 4.25. The molecule has 1 aliphatic rings. The average Bonchev–Trinajstić information content (AvgIpc) is 2.35. The molecule has 1 aromatic rings. The number of anilines is 1. The Morgan fingerprint density at radius 3 is 2.78 bits per heavy atom. The maximum atomic E-state index is 10.1. The van der Waals surface area contributed by atoms with Crippen molar-refractivity contribution in [2.24, 2.45) is 0 Å². The van der Waals surface area contributed by atoms with Crippen molar-refractivity contribution >= 4 is 5.69 Å². The third-order valence-corrected chi connectivity index (χ3v) is 4.17. The van der Waals surface area contributed by atoms with Crippen LogP contribution in [-0.2, 0) is 6.54 Å². The third-order valence-electron chi connectivity index (χ3n) is 4.17. The molecule has 1 aliphatic carbocycles. The van der Waals surface area contributed by atoms with E-state index in [1.165, 1.54) is 12.0 Å². The summed E-state index contributed by atoms with van der Waals surface area (Å²) in [5.74, 6) is 0. The Morgan fingerprint density at radius 1 is 1.33 bits per heavy atom. The van der Waals surface area contributed by atoms with Crippen LogP contribution in [0.4, 0.5) is 5.69 Å². The van der Waals surface area contributed by atoms with Crippen molar-refractivity contribution in [3.05, 3.63) is 29.3 Å². The van der Waals surface area contributed by atoms with Gasteiger partial charge in [0.15, 0.2) is 0 Å². The van der Waals surface area contributed by atoms with Crippen molar-refractivity contribution < 1.29 is 5.11 Å². The Labute approximate surface area is 110 Å². The first-order valence-corrected chi connectivity index (χ1v) is 6.82. The Bertz CT molecular complexity index is 405. The van der Waals surface area contributed by atoms with Crippen molar-refractivity contribution in [3.8, 4) is 0 Å². The molecular formula is C15H24N2O. The van der Waals surface area contributed by atoms with Crippen LogP contribution in [-0.4, -0.2) is 29.2 Å². The molecule has 3 nitrogen and oxygen atoms in total. The van der Waals surface area contributed by atoms with E-state index in [1.807, 2.05) is 12.1 Å². The fourth-order valence-corrected chi connectivity index (χ4v) is 2.87. The molecule has 0 amide bonds. The van der Waals surface area contributed by atoms with E-state index >= 15 is 0 Å². The molecule has 0 saturated heterocycles. The number of rotatable bonds is 3. The van der Waals surface area contributed by atoms with Gasteiger partial charge in [0.2, 0.25) is 0 Å². The van der Waals surface area contributed by atoms with Crippen molar-refractivity contribution in [3.63, 3.8) is 0 Å². The summed E-state index contributed by atoms with van der Waals surface area (Å²) in [6.45, 7) is 2.93. The van der Waals surface area contributed by atoms with Crippen LogP contribution in [0.15, 0.2) is 18.2 Å². The first kappa shape index (κ1) is 13.4. The molecule has 0 bridgehead atoms. The van der Waals surface area contributed by atoms with Gasteiger partial charge in [0.1, 0.15) is 0 Å². The molecule has 1 aromatic carbocycles. The lowest BCUT2D eigenvalue weighted by Gasteiger charge is -2.35. The normalized spacial score (nSPS) is 24.4. The predicted molar refractivity (Wildman–Crippen MR) is 75.3 cm³/mol. The van der Waals surface area contributed by atoms with Gasteiger partial charge < -0.3 is 10.8 Å². The molecule has 0 radical (unpaired) electrons. The number of nitrogen functional groups attached to an aromatic ring is 1. The number of nitrogens with zero attached hydrogens (tertiary/aromatic N) is 1. The minimum Gasteiger partial charge on any atom is -0.399 e. The standard InChI is InChI=1S/C15H24N2O/c1-11-12(6-5-7-13(11)16)10-17(2)14-8-3-4-9-15(14)18/h5-7,14-15,18H,3-4,8-10,16H2,1-2H3. The molecule has 2 unspecified atom stereocenters.